The summed E-state index contributed by atoms with van der Waals surface area (Å²) in [4.78, 5) is 11.7. The Labute approximate surface area is 130 Å². The third-order valence-electron chi connectivity index (χ3n) is 4.01. The van der Waals surface area contributed by atoms with Crippen molar-refractivity contribution in [1.82, 2.24) is 0 Å². The maximum Gasteiger partial charge on any atom is 0.337 e. The minimum absolute atomic E-state index is 0.291. The van der Waals surface area contributed by atoms with Crippen LogP contribution in [0.5, 0.6) is 0 Å². The van der Waals surface area contributed by atoms with Crippen molar-refractivity contribution in [2.24, 2.45) is 0 Å². The highest BCUT2D eigenvalue weighted by Gasteiger charge is 2.16. The lowest BCUT2D eigenvalue weighted by molar-refractivity contribution is 0.0601. The first-order valence-electron chi connectivity index (χ1n) is 7.29. The lowest BCUT2D eigenvalue weighted by Gasteiger charge is -1.99. The molecule has 2 heteroatoms. The number of esters is 1. The van der Waals surface area contributed by atoms with Crippen LogP contribution in [0.2, 0.25) is 0 Å². The number of aryl methyl sites for hydroxylation is 2. The van der Waals surface area contributed by atoms with E-state index < -0.39 is 0 Å². The largest absolute Gasteiger partial charge is 0.465 e. The van der Waals surface area contributed by atoms with E-state index >= 15 is 0 Å². The minimum atomic E-state index is -0.291. The van der Waals surface area contributed by atoms with Crippen LogP contribution in [-0.4, -0.2) is 13.1 Å². The zero-order valence-corrected chi connectivity index (χ0v) is 13.0. The van der Waals surface area contributed by atoms with E-state index in [1.807, 2.05) is 30.3 Å². The Morgan fingerprint density at radius 2 is 1.36 bits per heavy atom. The van der Waals surface area contributed by atoms with E-state index in [0.29, 0.717) is 5.56 Å². The average molecular weight is 290 g/mol. The van der Waals surface area contributed by atoms with Crippen molar-refractivity contribution in [2.75, 3.05) is 7.11 Å². The molecule has 110 valence electrons. The van der Waals surface area contributed by atoms with Crippen molar-refractivity contribution >= 4 is 5.97 Å². The molecule has 0 spiro atoms. The predicted molar refractivity (Wildman–Crippen MR) is 89.3 cm³/mol. The van der Waals surface area contributed by atoms with Gasteiger partial charge in [0.05, 0.1) is 12.7 Å². The summed E-state index contributed by atoms with van der Waals surface area (Å²) < 4.78 is 4.82. The van der Waals surface area contributed by atoms with Crippen LogP contribution in [0.3, 0.4) is 0 Å². The number of carbonyl (C=O) groups is 1. The van der Waals surface area contributed by atoms with Crippen molar-refractivity contribution < 1.29 is 9.53 Å². The molecule has 0 fully saturated rings. The van der Waals surface area contributed by atoms with Crippen molar-refractivity contribution in [3.63, 3.8) is 0 Å². The fourth-order valence-corrected chi connectivity index (χ4v) is 2.86. The molecule has 0 amide bonds. The van der Waals surface area contributed by atoms with Crippen LogP contribution >= 0.6 is 0 Å². The van der Waals surface area contributed by atoms with Crippen LogP contribution in [0.25, 0.3) is 22.3 Å². The summed E-state index contributed by atoms with van der Waals surface area (Å²) in [6.45, 7) is 4.16. The Balaban J connectivity index is 2.22. The van der Waals surface area contributed by atoms with Gasteiger partial charge in [0.1, 0.15) is 0 Å². The van der Waals surface area contributed by atoms with Gasteiger partial charge in [0.2, 0.25) is 0 Å². The highest BCUT2D eigenvalue weighted by Crippen LogP contribution is 2.34. The highest BCUT2D eigenvalue weighted by atomic mass is 16.5. The van der Waals surface area contributed by atoms with Crippen molar-refractivity contribution in [3.8, 4) is 22.3 Å². The molecule has 0 aromatic heterocycles. The average Bonchev–Trinajstić information content (AvgIpc) is 2.95. The third-order valence-corrected chi connectivity index (χ3v) is 4.01. The Kier molecular flexibility index (Phi) is 3.68. The molecule has 0 atom stereocenters. The number of carbonyl (C=O) groups excluding carboxylic acids is 1. The van der Waals surface area contributed by atoms with Gasteiger partial charge in [-0.1, -0.05) is 42.5 Å². The van der Waals surface area contributed by atoms with Crippen LogP contribution < -0.4 is 0 Å². The van der Waals surface area contributed by atoms with Gasteiger partial charge in [0.25, 0.3) is 0 Å². The number of hydrogen-bond acceptors (Lipinski definition) is 2. The normalized spacial score (nSPS) is 10.7. The van der Waals surface area contributed by atoms with Gasteiger partial charge in [0, 0.05) is 0 Å². The molecule has 22 heavy (non-hydrogen) atoms. The molecule has 2 aliphatic rings. The van der Waals surface area contributed by atoms with Crippen molar-refractivity contribution in [2.45, 2.75) is 13.8 Å². The van der Waals surface area contributed by atoms with Gasteiger partial charge < -0.3 is 4.74 Å². The number of ether oxygens (including phenoxy) is 1. The van der Waals surface area contributed by atoms with Gasteiger partial charge in [-0.15, -0.1) is 0 Å². The van der Waals surface area contributed by atoms with E-state index in [-0.39, 0.29) is 5.97 Å². The van der Waals surface area contributed by atoms with E-state index in [0.717, 1.165) is 22.3 Å². The molecule has 2 aliphatic carbocycles. The SMILES string of the molecule is COC(=O)c1cc2c(C)cc(-c3ccccc3)cc(C)c-2c1. The topological polar surface area (TPSA) is 26.3 Å². The first-order chi connectivity index (χ1) is 10.6. The first-order valence-corrected chi connectivity index (χ1v) is 7.29. The Morgan fingerprint density at radius 3 is 1.86 bits per heavy atom. The van der Waals surface area contributed by atoms with Gasteiger partial charge >= 0.3 is 5.97 Å². The van der Waals surface area contributed by atoms with Crippen LogP contribution in [-0.2, 0) is 4.74 Å². The first kappa shape index (κ1) is 14.3. The van der Waals surface area contributed by atoms with Gasteiger partial charge in [-0.05, 0) is 59.4 Å². The minimum Gasteiger partial charge on any atom is -0.465 e. The second-order valence-electron chi connectivity index (χ2n) is 5.54. The molecular weight excluding hydrogens is 272 g/mol. The van der Waals surface area contributed by atoms with Crippen LogP contribution in [0.15, 0.2) is 54.6 Å². The molecule has 3 rings (SSSR count). The summed E-state index contributed by atoms with van der Waals surface area (Å²) >= 11 is 0. The Hall–Kier alpha value is -2.61. The molecule has 1 aromatic carbocycles. The van der Waals surface area contributed by atoms with E-state index in [1.165, 1.54) is 18.2 Å². The van der Waals surface area contributed by atoms with E-state index in [1.54, 1.807) is 0 Å². The molecule has 0 heterocycles. The summed E-state index contributed by atoms with van der Waals surface area (Å²) in [5.74, 6) is -0.291. The quantitative estimate of drug-likeness (QED) is 0.630. The number of hydrogen-bond donors (Lipinski definition) is 0. The van der Waals surface area contributed by atoms with E-state index in [2.05, 4.69) is 38.1 Å². The molecule has 0 aliphatic heterocycles. The summed E-state index contributed by atoms with van der Waals surface area (Å²) in [5, 5.41) is 0. The summed E-state index contributed by atoms with van der Waals surface area (Å²) in [7, 11) is 1.41. The van der Waals surface area contributed by atoms with E-state index in [4.69, 9.17) is 4.74 Å². The van der Waals surface area contributed by atoms with Crippen molar-refractivity contribution in [3.05, 3.63) is 71.3 Å². The lowest BCUT2D eigenvalue weighted by Crippen LogP contribution is -1.97. The van der Waals surface area contributed by atoms with Gasteiger partial charge in [-0.3, -0.25) is 0 Å². The van der Waals surface area contributed by atoms with Gasteiger partial charge in [-0.25, -0.2) is 4.79 Å². The molecule has 0 radical (unpaired) electrons. The molecule has 0 unspecified atom stereocenters. The standard InChI is InChI=1S/C20H18O2/c1-13-9-16(15-7-5-4-6-8-15)10-14(2)19-12-17(11-18(13)19)20(21)22-3/h4-12H,1-3H3. The molecule has 2 nitrogen and oxygen atoms in total. The maximum absolute atomic E-state index is 11.7. The zero-order chi connectivity index (χ0) is 15.7. The monoisotopic (exact) mass is 290 g/mol. The second-order valence-corrected chi connectivity index (χ2v) is 5.54. The molecular formula is C20H18O2. The number of rotatable bonds is 2. The second kappa shape index (κ2) is 5.64. The smallest absolute Gasteiger partial charge is 0.337 e. The molecule has 1 aromatic rings. The van der Waals surface area contributed by atoms with Crippen molar-refractivity contribution in [1.29, 1.82) is 0 Å². The maximum atomic E-state index is 11.7. The van der Waals surface area contributed by atoms with Gasteiger partial charge in [0.15, 0.2) is 0 Å². The summed E-state index contributed by atoms with van der Waals surface area (Å²) in [5.41, 5.74) is 7.48. The van der Waals surface area contributed by atoms with Crippen LogP contribution in [0.4, 0.5) is 0 Å². The molecule has 0 N–H and O–H groups in total. The fraction of sp³-hybridized carbons (Fsp3) is 0.150. The predicted octanol–water partition coefficient (Wildman–Crippen LogP) is 4.86. The molecule has 0 bridgehead atoms. The van der Waals surface area contributed by atoms with E-state index in [9.17, 15) is 4.79 Å². The van der Waals surface area contributed by atoms with Crippen LogP contribution in [0, 0.1) is 13.8 Å². The fourth-order valence-electron chi connectivity index (χ4n) is 2.86. The highest BCUT2D eigenvalue weighted by molar-refractivity contribution is 5.95. The summed E-state index contributed by atoms with van der Waals surface area (Å²) in [6, 6.07) is 18.5. The lowest BCUT2D eigenvalue weighted by atomic mass is 10.1. The number of fused-ring (bicyclic) bond motifs is 1. The third kappa shape index (κ3) is 2.48. The molecule has 0 saturated carbocycles. The molecule has 0 saturated heterocycles. The Bertz CT molecular complexity index is 764. The number of methoxy groups -OCH3 is 1. The number of benzene rings is 1. The van der Waals surface area contributed by atoms with Gasteiger partial charge in [-0.2, -0.15) is 0 Å². The zero-order valence-electron chi connectivity index (χ0n) is 13.0. The summed E-state index contributed by atoms with van der Waals surface area (Å²) in [6.07, 6.45) is 0. The van der Waals surface area contributed by atoms with Crippen LogP contribution in [0.1, 0.15) is 21.5 Å². The Morgan fingerprint density at radius 1 is 0.818 bits per heavy atom.